The molecule has 7 heteroatoms. The maximum atomic E-state index is 12.9. The third-order valence-corrected chi connectivity index (χ3v) is 6.24. The second-order valence-corrected chi connectivity index (χ2v) is 9.06. The lowest BCUT2D eigenvalue weighted by atomic mass is 9.70. The van der Waals surface area contributed by atoms with E-state index in [0.717, 1.165) is 25.7 Å². The Morgan fingerprint density at radius 3 is 2.65 bits per heavy atom. The highest BCUT2D eigenvalue weighted by Gasteiger charge is 2.37. The van der Waals surface area contributed by atoms with E-state index in [9.17, 15) is 8.42 Å². The Morgan fingerprint density at radius 2 is 1.91 bits per heavy atom. The minimum Gasteiger partial charge on any atom is -0.243 e. The van der Waals surface area contributed by atoms with Crippen LogP contribution in [0.4, 0.5) is 0 Å². The number of nitrogens with zero attached hydrogens (tertiary/aromatic N) is 2. The van der Waals surface area contributed by atoms with Crippen LogP contribution in [0.3, 0.4) is 0 Å². The maximum absolute atomic E-state index is 12.9. The molecule has 2 atom stereocenters. The number of rotatable bonds is 3. The highest BCUT2D eigenvalue weighted by atomic mass is 32.2. The number of hydrogen-bond acceptors (Lipinski definition) is 5. The van der Waals surface area contributed by atoms with Gasteiger partial charge < -0.3 is 0 Å². The van der Waals surface area contributed by atoms with Gasteiger partial charge in [0.15, 0.2) is 5.52 Å². The van der Waals surface area contributed by atoms with E-state index in [1.807, 2.05) is 0 Å². The number of fused-ring (bicyclic) bond motifs is 1. The van der Waals surface area contributed by atoms with Crippen molar-refractivity contribution in [2.75, 3.05) is 0 Å². The second kappa shape index (κ2) is 5.87. The van der Waals surface area contributed by atoms with Gasteiger partial charge in [0.2, 0.25) is 10.0 Å². The first-order valence-corrected chi connectivity index (χ1v) is 9.51. The van der Waals surface area contributed by atoms with Crippen molar-refractivity contribution in [1.82, 2.24) is 15.0 Å². The first kappa shape index (κ1) is 16.4. The van der Waals surface area contributed by atoms with Crippen molar-refractivity contribution in [2.24, 2.45) is 11.3 Å². The molecule has 0 saturated heterocycles. The molecule has 2 aromatic rings. The van der Waals surface area contributed by atoms with Crippen LogP contribution in [0.5, 0.6) is 0 Å². The summed E-state index contributed by atoms with van der Waals surface area (Å²) in [7, 11) is -3.66. The molecule has 1 aromatic heterocycles. The largest absolute Gasteiger partial charge is 0.243 e. The number of sulfonamides is 1. The summed E-state index contributed by atoms with van der Waals surface area (Å²) in [5.74, 6) is 0.320. The van der Waals surface area contributed by atoms with E-state index in [1.165, 1.54) is 0 Å². The fourth-order valence-corrected chi connectivity index (χ4v) is 5.03. The van der Waals surface area contributed by atoms with E-state index >= 15 is 0 Å². The quantitative estimate of drug-likeness (QED) is 0.930. The number of hydrogen-bond donors (Lipinski definition) is 1. The molecule has 0 aliphatic heterocycles. The minimum absolute atomic E-state index is 0.0520. The van der Waals surface area contributed by atoms with Gasteiger partial charge in [-0.25, -0.2) is 17.8 Å². The van der Waals surface area contributed by atoms with Crippen molar-refractivity contribution >= 4 is 21.1 Å². The van der Waals surface area contributed by atoms with Crippen molar-refractivity contribution in [1.29, 1.82) is 0 Å². The molecule has 1 saturated carbocycles. The summed E-state index contributed by atoms with van der Waals surface area (Å²) < 4.78 is 33.3. The van der Waals surface area contributed by atoms with E-state index in [0.29, 0.717) is 11.4 Å². The van der Waals surface area contributed by atoms with Crippen LogP contribution in [0.25, 0.3) is 11.0 Å². The fourth-order valence-electron chi connectivity index (χ4n) is 3.57. The fraction of sp³-hybridized carbons (Fsp3) is 0.625. The molecule has 1 aliphatic rings. The molecule has 0 amide bonds. The van der Waals surface area contributed by atoms with Gasteiger partial charge in [-0.15, -0.1) is 0 Å². The van der Waals surface area contributed by atoms with Crippen LogP contribution >= 0.6 is 0 Å². The molecule has 0 radical (unpaired) electrons. The lowest BCUT2D eigenvalue weighted by Gasteiger charge is -2.40. The van der Waals surface area contributed by atoms with Crippen molar-refractivity contribution in [2.45, 2.75) is 57.4 Å². The number of benzene rings is 1. The van der Waals surface area contributed by atoms with Gasteiger partial charge in [0.25, 0.3) is 0 Å². The lowest BCUT2D eigenvalue weighted by Crippen LogP contribution is -2.46. The molecule has 0 unspecified atom stereocenters. The highest BCUT2D eigenvalue weighted by Crippen LogP contribution is 2.38. The molecule has 0 bridgehead atoms. The Hall–Kier alpha value is -1.47. The molecule has 126 valence electrons. The van der Waals surface area contributed by atoms with Gasteiger partial charge in [0.1, 0.15) is 10.4 Å². The molecule has 1 heterocycles. The van der Waals surface area contributed by atoms with Crippen molar-refractivity contribution in [3.05, 3.63) is 18.2 Å². The average Bonchev–Trinajstić information content (AvgIpc) is 2.94. The summed E-state index contributed by atoms with van der Waals surface area (Å²) in [5.41, 5.74) is 0.793. The van der Waals surface area contributed by atoms with Crippen LogP contribution in [-0.4, -0.2) is 24.8 Å². The van der Waals surface area contributed by atoms with Crippen LogP contribution in [0.2, 0.25) is 0 Å². The molecule has 1 fully saturated rings. The second-order valence-electron chi connectivity index (χ2n) is 7.37. The third-order valence-electron chi connectivity index (χ3n) is 4.72. The Morgan fingerprint density at radius 1 is 1.17 bits per heavy atom. The molecule has 23 heavy (non-hydrogen) atoms. The monoisotopic (exact) mass is 337 g/mol. The summed E-state index contributed by atoms with van der Waals surface area (Å²) in [6.07, 6.45) is 4.12. The predicted octanol–water partition coefficient (Wildman–Crippen LogP) is 3.11. The van der Waals surface area contributed by atoms with E-state index < -0.39 is 10.0 Å². The van der Waals surface area contributed by atoms with Gasteiger partial charge in [0.05, 0.1) is 0 Å². The van der Waals surface area contributed by atoms with Crippen LogP contribution in [0.15, 0.2) is 27.7 Å². The van der Waals surface area contributed by atoms with Gasteiger partial charge in [-0.05, 0) is 46.6 Å². The Bertz CT molecular complexity index is 792. The molecule has 1 N–H and O–H groups in total. The van der Waals surface area contributed by atoms with Crippen molar-refractivity contribution in [3.63, 3.8) is 0 Å². The summed E-state index contributed by atoms with van der Waals surface area (Å²) in [6.45, 7) is 6.52. The molecular weight excluding hydrogens is 314 g/mol. The molecule has 3 rings (SSSR count). The smallest absolute Gasteiger partial charge is 0.243 e. The predicted molar refractivity (Wildman–Crippen MR) is 87.3 cm³/mol. The van der Waals surface area contributed by atoms with E-state index in [1.54, 1.807) is 18.2 Å². The maximum Gasteiger partial charge on any atom is 0.243 e. The summed E-state index contributed by atoms with van der Waals surface area (Å²) in [5, 5.41) is 7.46. The van der Waals surface area contributed by atoms with Crippen molar-refractivity contribution < 1.29 is 13.0 Å². The molecule has 6 nitrogen and oxygen atoms in total. The molecule has 1 aromatic carbocycles. The molecule has 1 aliphatic carbocycles. The van der Waals surface area contributed by atoms with Gasteiger partial charge in [-0.2, -0.15) is 0 Å². The topological polar surface area (TPSA) is 85.1 Å². The zero-order valence-electron chi connectivity index (χ0n) is 13.7. The first-order valence-electron chi connectivity index (χ1n) is 8.03. The highest BCUT2D eigenvalue weighted by molar-refractivity contribution is 7.89. The van der Waals surface area contributed by atoms with E-state index in [2.05, 4.69) is 40.4 Å². The normalized spacial score (nSPS) is 23.3. The Kier molecular flexibility index (Phi) is 4.18. The zero-order chi connectivity index (χ0) is 16.7. The van der Waals surface area contributed by atoms with Crippen LogP contribution in [0.1, 0.15) is 46.5 Å². The Labute approximate surface area is 136 Å². The number of aromatic nitrogens is 2. The van der Waals surface area contributed by atoms with Crippen LogP contribution < -0.4 is 4.72 Å². The van der Waals surface area contributed by atoms with Crippen molar-refractivity contribution in [3.8, 4) is 0 Å². The summed E-state index contributed by atoms with van der Waals surface area (Å²) in [4.78, 5) is 0.134. The molecular formula is C16H23N3O3S. The number of nitrogens with one attached hydrogen (secondary N) is 1. The minimum atomic E-state index is -3.66. The van der Waals surface area contributed by atoms with Crippen LogP contribution in [-0.2, 0) is 10.0 Å². The lowest BCUT2D eigenvalue weighted by molar-refractivity contribution is 0.144. The molecule has 0 spiro atoms. The zero-order valence-corrected chi connectivity index (χ0v) is 14.6. The van der Waals surface area contributed by atoms with E-state index in [4.69, 9.17) is 0 Å². The average molecular weight is 337 g/mol. The van der Waals surface area contributed by atoms with Crippen LogP contribution in [0, 0.1) is 11.3 Å². The van der Waals surface area contributed by atoms with Gasteiger partial charge in [0, 0.05) is 6.04 Å². The van der Waals surface area contributed by atoms with E-state index in [-0.39, 0.29) is 21.9 Å². The summed E-state index contributed by atoms with van der Waals surface area (Å²) in [6, 6.07) is 4.83. The first-order chi connectivity index (χ1) is 10.8. The van der Waals surface area contributed by atoms with Gasteiger partial charge in [-0.3, -0.25) is 0 Å². The standard InChI is InChI=1S/C16H23N3O3S/c1-16(2,3)11-7-4-5-8-12(11)19-23(20,21)14-10-6-9-13-15(14)18-22-17-13/h6,9-12,19H,4-5,7-8H2,1-3H3/t11-,12-/m1/s1. The van der Waals surface area contributed by atoms with Gasteiger partial charge >= 0.3 is 0 Å². The summed E-state index contributed by atoms with van der Waals surface area (Å²) >= 11 is 0. The third kappa shape index (κ3) is 3.26. The SMILES string of the molecule is CC(C)(C)[C@@H]1CCCC[C@H]1NS(=O)(=O)c1cccc2nonc12. The van der Waals surface area contributed by atoms with Gasteiger partial charge in [-0.1, -0.05) is 39.7 Å². The Balaban J connectivity index is 1.92.